The summed E-state index contributed by atoms with van der Waals surface area (Å²) in [6, 6.07) is 2.08. The molecule has 0 aromatic heterocycles. The molecule has 0 aliphatic heterocycles. The smallest absolute Gasteiger partial charge is 0.407 e. The van der Waals surface area contributed by atoms with Gasteiger partial charge in [0.1, 0.15) is 5.60 Å². The van der Waals surface area contributed by atoms with E-state index in [0.29, 0.717) is 12.3 Å². The lowest BCUT2D eigenvalue weighted by Gasteiger charge is -2.25. The summed E-state index contributed by atoms with van der Waals surface area (Å²) >= 11 is 0. The maximum atomic E-state index is 11.7. The molecule has 0 aromatic carbocycles. The zero-order valence-corrected chi connectivity index (χ0v) is 11.0. The largest absolute Gasteiger partial charge is 0.444 e. The lowest BCUT2D eigenvalue weighted by atomic mass is 9.96. The topological polar surface area (TPSA) is 62.1 Å². The maximum Gasteiger partial charge on any atom is 0.407 e. The average molecular weight is 238 g/mol. The van der Waals surface area contributed by atoms with Crippen molar-refractivity contribution in [2.24, 2.45) is 5.92 Å². The first-order valence-corrected chi connectivity index (χ1v) is 6.29. The van der Waals surface area contributed by atoms with Crippen molar-refractivity contribution in [1.29, 1.82) is 5.26 Å². The fraction of sp³-hybridized carbons (Fsp3) is 0.846. The summed E-state index contributed by atoms with van der Waals surface area (Å²) < 4.78 is 5.21. The number of ether oxygens (including phenoxy) is 1. The number of alkyl carbamates (subject to hydrolysis) is 1. The van der Waals surface area contributed by atoms with Gasteiger partial charge in [0.2, 0.25) is 0 Å². The number of nitriles is 1. The fourth-order valence-corrected chi connectivity index (χ4v) is 2.25. The van der Waals surface area contributed by atoms with Crippen molar-refractivity contribution in [3.8, 4) is 6.07 Å². The van der Waals surface area contributed by atoms with Crippen LogP contribution in [-0.2, 0) is 4.74 Å². The minimum Gasteiger partial charge on any atom is -0.444 e. The van der Waals surface area contributed by atoms with Gasteiger partial charge in [-0.1, -0.05) is 12.8 Å². The van der Waals surface area contributed by atoms with Crippen molar-refractivity contribution in [2.45, 2.75) is 64.5 Å². The predicted molar refractivity (Wildman–Crippen MR) is 65.3 cm³/mol. The third kappa shape index (κ3) is 5.08. The van der Waals surface area contributed by atoms with Crippen LogP contribution in [0.4, 0.5) is 4.79 Å². The number of carbonyl (C=O) groups is 1. The fourth-order valence-electron chi connectivity index (χ4n) is 2.25. The minimum absolute atomic E-state index is 0.0580. The number of nitrogens with zero attached hydrogens (tertiary/aromatic N) is 1. The van der Waals surface area contributed by atoms with Crippen LogP contribution in [0.5, 0.6) is 0 Å². The molecule has 0 bridgehead atoms. The number of nitrogens with one attached hydrogen (secondary N) is 1. The van der Waals surface area contributed by atoms with Gasteiger partial charge in [0.25, 0.3) is 0 Å². The summed E-state index contributed by atoms with van der Waals surface area (Å²) in [7, 11) is 0. The molecule has 4 heteroatoms. The van der Waals surface area contributed by atoms with Gasteiger partial charge in [-0.2, -0.15) is 5.26 Å². The summed E-state index contributed by atoms with van der Waals surface area (Å²) in [5.74, 6) is 0.433. The Labute approximate surface area is 103 Å². The SMILES string of the molecule is CC(C)(C)OC(=O)NC(CC#N)C1CCCC1. The zero-order valence-electron chi connectivity index (χ0n) is 11.0. The molecule has 1 atom stereocenters. The molecule has 1 N–H and O–H groups in total. The molecule has 1 saturated carbocycles. The molecule has 4 nitrogen and oxygen atoms in total. The van der Waals surface area contributed by atoms with E-state index < -0.39 is 11.7 Å². The Morgan fingerprint density at radius 2 is 2.06 bits per heavy atom. The molecule has 17 heavy (non-hydrogen) atoms. The van der Waals surface area contributed by atoms with Crippen LogP contribution >= 0.6 is 0 Å². The van der Waals surface area contributed by atoms with E-state index in [9.17, 15) is 4.79 Å². The maximum absolute atomic E-state index is 11.7. The summed E-state index contributed by atoms with van der Waals surface area (Å²) in [6.07, 6.45) is 4.55. The van der Waals surface area contributed by atoms with Gasteiger partial charge in [-0.15, -0.1) is 0 Å². The minimum atomic E-state index is -0.489. The normalized spacial score (nSPS) is 18.5. The van der Waals surface area contributed by atoms with Gasteiger partial charge in [0.05, 0.1) is 12.5 Å². The number of hydrogen-bond donors (Lipinski definition) is 1. The Balaban J connectivity index is 2.49. The van der Waals surface area contributed by atoms with Crippen LogP contribution in [0, 0.1) is 17.2 Å². The van der Waals surface area contributed by atoms with Gasteiger partial charge in [-0.3, -0.25) is 0 Å². The van der Waals surface area contributed by atoms with E-state index in [-0.39, 0.29) is 6.04 Å². The van der Waals surface area contributed by atoms with Gasteiger partial charge in [-0.25, -0.2) is 4.79 Å². The molecule has 1 rings (SSSR count). The van der Waals surface area contributed by atoms with E-state index in [4.69, 9.17) is 10.00 Å². The Kier molecular flexibility index (Phi) is 4.80. The highest BCUT2D eigenvalue weighted by molar-refractivity contribution is 5.68. The van der Waals surface area contributed by atoms with Crippen LogP contribution in [0.25, 0.3) is 0 Å². The second-order valence-electron chi connectivity index (χ2n) is 5.66. The molecular formula is C13H22N2O2. The third-order valence-electron chi connectivity index (χ3n) is 2.98. The van der Waals surface area contributed by atoms with Crippen molar-refractivity contribution in [1.82, 2.24) is 5.32 Å². The first-order valence-electron chi connectivity index (χ1n) is 6.29. The number of hydrogen-bond acceptors (Lipinski definition) is 3. The van der Waals surface area contributed by atoms with E-state index in [2.05, 4.69) is 11.4 Å². The molecule has 0 radical (unpaired) electrons. The van der Waals surface area contributed by atoms with Crippen LogP contribution in [0.1, 0.15) is 52.9 Å². The molecule has 1 unspecified atom stereocenters. The average Bonchev–Trinajstić information content (AvgIpc) is 2.66. The highest BCUT2D eigenvalue weighted by atomic mass is 16.6. The summed E-state index contributed by atoms with van der Waals surface area (Å²) in [5.41, 5.74) is -0.489. The quantitative estimate of drug-likeness (QED) is 0.822. The molecule has 96 valence electrons. The van der Waals surface area contributed by atoms with Crippen LogP contribution in [0.2, 0.25) is 0 Å². The van der Waals surface area contributed by atoms with Gasteiger partial charge < -0.3 is 10.1 Å². The monoisotopic (exact) mass is 238 g/mol. The van der Waals surface area contributed by atoms with Crippen LogP contribution < -0.4 is 5.32 Å². The van der Waals surface area contributed by atoms with Gasteiger partial charge >= 0.3 is 6.09 Å². The van der Waals surface area contributed by atoms with Crippen molar-refractivity contribution in [2.75, 3.05) is 0 Å². The predicted octanol–water partition coefficient (Wildman–Crippen LogP) is 2.98. The molecular weight excluding hydrogens is 216 g/mol. The molecule has 0 aromatic rings. The summed E-state index contributed by atoms with van der Waals surface area (Å²) in [4.78, 5) is 11.7. The molecule has 1 aliphatic rings. The lowest BCUT2D eigenvalue weighted by molar-refractivity contribution is 0.0487. The third-order valence-corrected chi connectivity index (χ3v) is 2.98. The second kappa shape index (κ2) is 5.90. The first-order chi connectivity index (χ1) is 7.92. The number of rotatable bonds is 3. The number of carbonyl (C=O) groups excluding carboxylic acids is 1. The van der Waals surface area contributed by atoms with Crippen LogP contribution in [0.15, 0.2) is 0 Å². The Morgan fingerprint density at radius 3 is 2.53 bits per heavy atom. The van der Waals surface area contributed by atoms with E-state index in [0.717, 1.165) is 12.8 Å². The molecule has 1 aliphatic carbocycles. The van der Waals surface area contributed by atoms with Crippen molar-refractivity contribution in [3.63, 3.8) is 0 Å². The van der Waals surface area contributed by atoms with Gasteiger partial charge in [0.15, 0.2) is 0 Å². The summed E-state index contributed by atoms with van der Waals surface area (Å²) in [6.45, 7) is 5.50. The van der Waals surface area contributed by atoms with Crippen molar-refractivity contribution >= 4 is 6.09 Å². The first kappa shape index (κ1) is 13.8. The number of amides is 1. The van der Waals surface area contributed by atoms with Gasteiger partial charge in [-0.05, 0) is 39.5 Å². The van der Waals surface area contributed by atoms with Gasteiger partial charge in [0, 0.05) is 6.04 Å². The summed E-state index contributed by atoms with van der Waals surface area (Å²) in [5, 5.41) is 11.6. The standard InChI is InChI=1S/C13H22N2O2/c1-13(2,3)17-12(16)15-11(8-9-14)10-6-4-5-7-10/h10-11H,4-8H2,1-3H3,(H,15,16). The Hall–Kier alpha value is -1.24. The highest BCUT2D eigenvalue weighted by Gasteiger charge is 2.27. The zero-order chi connectivity index (χ0) is 12.9. The molecule has 1 amide bonds. The molecule has 0 heterocycles. The van der Waals surface area contributed by atoms with Crippen molar-refractivity contribution in [3.05, 3.63) is 0 Å². The molecule has 0 spiro atoms. The van der Waals surface area contributed by atoms with Crippen LogP contribution in [0.3, 0.4) is 0 Å². The lowest BCUT2D eigenvalue weighted by Crippen LogP contribution is -2.42. The highest BCUT2D eigenvalue weighted by Crippen LogP contribution is 2.29. The Morgan fingerprint density at radius 1 is 1.47 bits per heavy atom. The molecule has 1 fully saturated rings. The molecule has 0 saturated heterocycles. The Bertz CT molecular complexity index is 296. The van der Waals surface area contributed by atoms with E-state index >= 15 is 0 Å². The van der Waals surface area contributed by atoms with Crippen molar-refractivity contribution < 1.29 is 9.53 Å². The van der Waals surface area contributed by atoms with E-state index in [1.807, 2.05) is 20.8 Å². The van der Waals surface area contributed by atoms with Crippen LogP contribution in [-0.4, -0.2) is 17.7 Å². The second-order valence-corrected chi connectivity index (χ2v) is 5.66. The van der Waals surface area contributed by atoms with E-state index in [1.54, 1.807) is 0 Å². The van der Waals surface area contributed by atoms with E-state index in [1.165, 1.54) is 12.8 Å².